The third kappa shape index (κ3) is 6.37. The fourth-order valence-electron chi connectivity index (χ4n) is 5.20. The molecule has 3 amide bonds. The minimum atomic E-state index is -4.47. The first-order valence-electron chi connectivity index (χ1n) is 12.9. The van der Waals surface area contributed by atoms with Crippen molar-refractivity contribution in [2.75, 3.05) is 19.6 Å². The summed E-state index contributed by atoms with van der Waals surface area (Å²) in [4.78, 5) is 41.0. The molecule has 1 saturated heterocycles. The lowest BCUT2D eigenvalue weighted by Gasteiger charge is -2.35. The molecule has 0 saturated carbocycles. The number of likely N-dealkylation sites (tertiary alicyclic amines) is 1. The van der Waals surface area contributed by atoms with E-state index in [9.17, 15) is 27.6 Å². The van der Waals surface area contributed by atoms with Crippen LogP contribution in [0.15, 0.2) is 48.5 Å². The summed E-state index contributed by atoms with van der Waals surface area (Å²) >= 11 is 0. The number of carbonyl (C=O) groups is 3. The van der Waals surface area contributed by atoms with Crippen molar-refractivity contribution in [3.63, 3.8) is 0 Å². The van der Waals surface area contributed by atoms with Crippen molar-refractivity contribution in [3.05, 3.63) is 70.8 Å². The van der Waals surface area contributed by atoms with Gasteiger partial charge in [0.05, 0.1) is 16.7 Å². The van der Waals surface area contributed by atoms with Gasteiger partial charge >= 0.3 is 12.3 Å². The highest BCUT2D eigenvalue weighted by Crippen LogP contribution is 2.37. The molecule has 2 heterocycles. The van der Waals surface area contributed by atoms with Crippen molar-refractivity contribution in [3.8, 4) is 0 Å². The lowest BCUT2D eigenvalue weighted by atomic mass is 9.82. The van der Waals surface area contributed by atoms with E-state index in [1.54, 1.807) is 35.2 Å². The summed E-state index contributed by atoms with van der Waals surface area (Å²) in [7, 11) is 0. The van der Waals surface area contributed by atoms with Crippen LogP contribution in [0.3, 0.4) is 0 Å². The van der Waals surface area contributed by atoms with E-state index in [1.165, 1.54) is 17.0 Å². The van der Waals surface area contributed by atoms with Crippen molar-refractivity contribution < 1.29 is 32.3 Å². The first-order valence-corrected chi connectivity index (χ1v) is 12.9. The average molecular weight is 531 g/mol. The van der Waals surface area contributed by atoms with Crippen LogP contribution in [-0.2, 0) is 10.9 Å². The topological polar surface area (TPSA) is 66.9 Å². The van der Waals surface area contributed by atoms with Gasteiger partial charge in [0.1, 0.15) is 5.60 Å². The highest BCUT2D eigenvalue weighted by molar-refractivity contribution is 6.21. The van der Waals surface area contributed by atoms with E-state index in [4.69, 9.17) is 4.74 Å². The molecule has 6 nitrogen and oxygen atoms in total. The molecule has 2 aromatic carbocycles. The van der Waals surface area contributed by atoms with Crippen LogP contribution in [0.5, 0.6) is 0 Å². The zero-order valence-electron chi connectivity index (χ0n) is 21.9. The molecule has 0 aliphatic carbocycles. The molecule has 0 bridgehead atoms. The number of fused-ring (bicyclic) bond motifs is 1. The number of alkyl halides is 3. The predicted octanol–water partition coefficient (Wildman–Crippen LogP) is 6.51. The Morgan fingerprint density at radius 1 is 0.974 bits per heavy atom. The fourth-order valence-corrected chi connectivity index (χ4v) is 5.20. The van der Waals surface area contributed by atoms with Gasteiger partial charge in [0.2, 0.25) is 0 Å². The number of benzene rings is 2. The normalized spacial score (nSPS) is 17.5. The first kappa shape index (κ1) is 27.7. The molecule has 0 N–H and O–H groups in total. The SMILES string of the molecule is CC(C)(C)OC(=O)N1CCC(CC(CCN2C(=O)c3ccccc3C2=O)c2cccc(C(F)(F)F)c2)CC1. The van der Waals surface area contributed by atoms with Gasteiger partial charge in [-0.15, -0.1) is 0 Å². The molecule has 1 atom stereocenters. The summed E-state index contributed by atoms with van der Waals surface area (Å²) in [5.41, 5.74) is -0.0798. The Hall–Kier alpha value is -3.36. The third-order valence-corrected chi connectivity index (χ3v) is 7.15. The summed E-state index contributed by atoms with van der Waals surface area (Å²) in [6.45, 7) is 6.56. The largest absolute Gasteiger partial charge is 0.444 e. The van der Waals surface area contributed by atoms with E-state index in [0.717, 1.165) is 6.07 Å². The molecule has 38 heavy (non-hydrogen) atoms. The van der Waals surface area contributed by atoms with Crippen LogP contribution in [0.25, 0.3) is 0 Å². The summed E-state index contributed by atoms with van der Waals surface area (Å²) in [6.07, 6.45) is -2.51. The van der Waals surface area contributed by atoms with Crippen molar-refractivity contribution in [1.29, 1.82) is 0 Å². The second kappa shape index (κ2) is 10.8. The number of halogens is 3. The summed E-state index contributed by atoms with van der Waals surface area (Å²) in [6, 6.07) is 11.9. The second-order valence-corrected chi connectivity index (χ2v) is 11.1. The molecule has 2 aliphatic rings. The average Bonchev–Trinajstić information content (AvgIpc) is 3.10. The number of hydrogen-bond acceptors (Lipinski definition) is 4. The Kier molecular flexibility index (Phi) is 7.85. The van der Waals surface area contributed by atoms with Crippen molar-refractivity contribution >= 4 is 17.9 Å². The van der Waals surface area contributed by atoms with Crippen molar-refractivity contribution in [2.45, 2.75) is 64.1 Å². The standard InChI is InChI=1S/C29H33F3N2O4/c1-28(2,3)38-27(37)33-14-11-19(12-15-33)17-21(20-7-6-8-22(18-20)29(30,31)32)13-16-34-25(35)23-9-4-5-10-24(23)26(34)36/h4-10,18-19,21H,11-17H2,1-3H3. The molecule has 1 unspecified atom stereocenters. The number of carbonyl (C=O) groups excluding carboxylic acids is 3. The molecule has 0 aromatic heterocycles. The van der Waals surface area contributed by atoms with E-state index in [0.29, 0.717) is 55.5 Å². The Bertz CT molecular complexity index is 1160. The zero-order valence-corrected chi connectivity index (χ0v) is 21.9. The molecule has 0 spiro atoms. The van der Waals surface area contributed by atoms with Crippen LogP contribution < -0.4 is 0 Å². The van der Waals surface area contributed by atoms with E-state index in [1.807, 2.05) is 20.8 Å². The van der Waals surface area contributed by atoms with E-state index in [-0.39, 0.29) is 36.3 Å². The smallest absolute Gasteiger partial charge is 0.416 e. The molecular weight excluding hydrogens is 497 g/mol. The second-order valence-electron chi connectivity index (χ2n) is 11.1. The predicted molar refractivity (Wildman–Crippen MR) is 136 cm³/mol. The van der Waals surface area contributed by atoms with Crippen LogP contribution in [0.2, 0.25) is 0 Å². The molecule has 9 heteroatoms. The Labute approximate surface area is 220 Å². The summed E-state index contributed by atoms with van der Waals surface area (Å²) in [5, 5.41) is 0. The van der Waals surface area contributed by atoms with Gasteiger partial charge in [0, 0.05) is 19.6 Å². The number of ether oxygens (including phenoxy) is 1. The van der Waals surface area contributed by atoms with Crippen molar-refractivity contribution in [1.82, 2.24) is 9.80 Å². The maximum atomic E-state index is 13.5. The Morgan fingerprint density at radius 2 is 1.58 bits per heavy atom. The third-order valence-electron chi connectivity index (χ3n) is 7.15. The van der Waals surface area contributed by atoms with Gasteiger partial charge in [-0.2, -0.15) is 13.2 Å². The quantitative estimate of drug-likeness (QED) is 0.399. The van der Waals surface area contributed by atoms with Gasteiger partial charge in [-0.1, -0.05) is 30.3 Å². The van der Waals surface area contributed by atoms with E-state index >= 15 is 0 Å². The van der Waals surface area contributed by atoms with Crippen LogP contribution in [-0.4, -0.2) is 52.9 Å². The summed E-state index contributed by atoms with van der Waals surface area (Å²) < 4.78 is 45.9. The molecule has 4 rings (SSSR count). The van der Waals surface area contributed by atoms with E-state index in [2.05, 4.69) is 0 Å². The fraction of sp³-hybridized carbons (Fsp3) is 0.483. The molecule has 0 radical (unpaired) electrons. The number of nitrogens with zero attached hydrogens (tertiary/aromatic N) is 2. The minimum Gasteiger partial charge on any atom is -0.444 e. The van der Waals surface area contributed by atoms with Gasteiger partial charge < -0.3 is 9.64 Å². The van der Waals surface area contributed by atoms with Gasteiger partial charge in [0.25, 0.3) is 11.8 Å². The maximum Gasteiger partial charge on any atom is 0.416 e. The van der Waals surface area contributed by atoms with Crippen molar-refractivity contribution in [2.24, 2.45) is 5.92 Å². The van der Waals surface area contributed by atoms with Gasteiger partial charge in [-0.25, -0.2) is 4.79 Å². The molecule has 2 aliphatic heterocycles. The molecule has 2 aromatic rings. The number of amides is 3. The Balaban J connectivity index is 1.47. The Morgan fingerprint density at radius 3 is 2.13 bits per heavy atom. The minimum absolute atomic E-state index is 0.115. The highest BCUT2D eigenvalue weighted by Gasteiger charge is 2.36. The number of piperidine rings is 1. The molecule has 204 valence electrons. The summed E-state index contributed by atoms with van der Waals surface area (Å²) in [5.74, 6) is -0.867. The lowest BCUT2D eigenvalue weighted by Crippen LogP contribution is -2.42. The number of hydrogen-bond donors (Lipinski definition) is 0. The lowest BCUT2D eigenvalue weighted by molar-refractivity contribution is -0.137. The van der Waals surface area contributed by atoms with Crippen LogP contribution in [0.4, 0.5) is 18.0 Å². The van der Waals surface area contributed by atoms with Gasteiger partial charge in [-0.3, -0.25) is 14.5 Å². The van der Waals surface area contributed by atoms with Gasteiger partial charge in [-0.05, 0) is 82.1 Å². The first-order chi connectivity index (χ1) is 17.8. The number of imide groups is 1. The monoisotopic (exact) mass is 530 g/mol. The molecule has 1 fully saturated rings. The maximum absolute atomic E-state index is 13.5. The number of rotatable bonds is 6. The van der Waals surface area contributed by atoms with Gasteiger partial charge in [0.15, 0.2) is 0 Å². The van der Waals surface area contributed by atoms with Crippen LogP contribution >= 0.6 is 0 Å². The zero-order chi connectivity index (χ0) is 27.7. The molecular formula is C29H33F3N2O4. The van der Waals surface area contributed by atoms with Crippen LogP contribution in [0, 0.1) is 5.92 Å². The van der Waals surface area contributed by atoms with Crippen LogP contribution in [0.1, 0.15) is 84.2 Å². The highest BCUT2D eigenvalue weighted by atomic mass is 19.4. The van der Waals surface area contributed by atoms with E-state index < -0.39 is 17.3 Å².